The molecule has 5 heterocycles. The molecule has 4 aliphatic carbocycles. The van der Waals surface area contributed by atoms with Gasteiger partial charge in [-0.3, -0.25) is 0 Å². The van der Waals surface area contributed by atoms with Gasteiger partial charge in [0.25, 0.3) is 0 Å². The number of hydrogen-bond acceptors (Lipinski definition) is 4. The smallest absolute Gasteiger partial charge is 0.198 e. The standard InChI is InChI=1S/C25H34O4/c1-3-9-24-16-22-25(29-14-12-27-22)15-17(24)4-5-18-19-6-7-21(26-11-13-28-25)23(19,2)10-8-20(18)24/h4,9,18-22H,1,5-8,10-16H2,2H3/t18-,19+,20?,21?,22?,23-,24?,25?/m0/s1. The van der Waals surface area contributed by atoms with Gasteiger partial charge in [-0.2, -0.15) is 0 Å². The van der Waals surface area contributed by atoms with Crippen molar-refractivity contribution in [2.45, 2.75) is 69.9 Å². The lowest BCUT2D eigenvalue weighted by molar-refractivity contribution is -0.339. The third-order valence-corrected chi connectivity index (χ3v) is 9.55. The summed E-state index contributed by atoms with van der Waals surface area (Å²) in [5, 5.41) is 0. The number of hydrogen-bond donors (Lipinski definition) is 0. The molecule has 1 spiro atoms. The summed E-state index contributed by atoms with van der Waals surface area (Å²) < 4.78 is 25.6. The number of ether oxygens (including phenoxy) is 4. The van der Waals surface area contributed by atoms with Gasteiger partial charge in [0.05, 0.1) is 32.5 Å². The molecule has 0 N–H and O–H groups in total. The second-order valence-electron chi connectivity index (χ2n) is 10.5. The first kappa shape index (κ1) is 18.8. The van der Waals surface area contributed by atoms with Crippen molar-refractivity contribution < 1.29 is 18.9 Å². The predicted molar refractivity (Wildman–Crippen MR) is 109 cm³/mol. The van der Waals surface area contributed by atoms with E-state index < -0.39 is 5.79 Å². The monoisotopic (exact) mass is 398 g/mol. The first-order valence-corrected chi connectivity index (χ1v) is 11.7. The average Bonchev–Trinajstić information content (AvgIpc) is 3.06. The Balaban J connectivity index is 1.50. The van der Waals surface area contributed by atoms with Crippen LogP contribution in [0.2, 0.25) is 0 Å². The Bertz CT molecular complexity index is 769. The van der Waals surface area contributed by atoms with Crippen LogP contribution in [-0.2, 0) is 18.9 Å². The van der Waals surface area contributed by atoms with Gasteiger partial charge in [-0.05, 0) is 67.8 Å². The summed E-state index contributed by atoms with van der Waals surface area (Å²) in [6.45, 7) is 8.98. The molecule has 9 rings (SSSR count). The van der Waals surface area contributed by atoms with E-state index in [0.717, 1.165) is 24.7 Å². The molecule has 9 aliphatic rings. The summed E-state index contributed by atoms with van der Waals surface area (Å²) in [5.74, 6) is 1.44. The summed E-state index contributed by atoms with van der Waals surface area (Å²) in [4.78, 5) is 0. The topological polar surface area (TPSA) is 36.9 Å². The first-order chi connectivity index (χ1) is 14.1. The highest BCUT2D eigenvalue weighted by atomic mass is 16.7. The molecule has 0 amide bonds. The fourth-order valence-electron chi connectivity index (χ4n) is 8.31. The Labute approximate surface area is 174 Å². The van der Waals surface area contributed by atoms with E-state index in [2.05, 4.69) is 31.4 Å². The van der Waals surface area contributed by atoms with Gasteiger partial charge in [-0.1, -0.05) is 25.2 Å². The van der Waals surface area contributed by atoms with Gasteiger partial charge in [0, 0.05) is 11.8 Å². The fourth-order valence-corrected chi connectivity index (χ4v) is 8.31. The Morgan fingerprint density at radius 1 is 1.03 bits per heavy atom. The lowest BCUT2D eigenvalue weighted by Crippen LogP contribution is -2.61. The maximum atomic E-state index is 6.47. The Morgan fingerprint density at radius 2 is 1.83 bits per heavy atom. The second kappa shape index (κ2) is 6.55. The Morgan fingerprint density at radius 3 is 2.62 bits per heavy atom. The van der Waals surface area contributed by atoms with Crippen molar-refractivity contribution in [3.05, 3.63) is 30.0 Å². The van der Waals surface area contributed by atoms with E-state index in [1.165, 1.54) is 37.7 Å². The molecule has 5 unspecified atom stereocenters. The van der Waals surface area contributed by atoms with Gasteiger partial charge in [-0.25, -0.2) is 0 Å². The highest BCUT2D eigenvalue weighted by Crippen LogP contribution is 2.67. The molecule has 5 aliphatic heterocycles. The van der Waals surface area contributed by atoms with E-state index >= 15 is 0 Å². The van der Waals surface area contributed by atoms with E-state index in [4.69, 9.17) is 18.9 Å². The van der Waals surface area contributed by atoms with Gasteiger partial charge >= 0.3 is 0 Å². The van der Waals surface area contributed by atoms with Crippen LogP contribution in [0.3, 0.4) is 0 Å². The van der Waals surface area contributed by atoms with Crippen molar-refractivity contribution in [2.75, 3.05) is 26.4 Å². The van der Waals surface area contributed by atoms with E-state index in [0.29, 0.717) is 43.9 Å². The molecular weight excluding hydrogens is 364 g/mol. The summed E-state index contributed by atoms with van der Waals surface area (Å²) in [5.41, 5.74) is 4.99. The second-order valence-corrected chi connectivity index (χ2v) is 10.5. The molecule has 29 heavy (non-hydrogen) atoms. The normalized spacial score (nSPS) is 53.3. The Kier molecular flexibility index (Phi) is 4.25. The van der Waals surface area contributed by atoms with Crippen LogP contribution < -0.4 is 0 Å². The molecule has 8 bridgehead atoms. The summed E-state index contributed by atoms with van der Waals surface area (Å²) in [6, 6.07) is 0. The zero-order valence-electron chi connectivity index (χ0n) is 17.7. The van der Waals surface area contributed by atoms with Gasteiger partial charge in [-0.15, -0.1) is 5.73 Å². The van der Waals surface area contributed by atoms with E-state index in [1.807, 2.05) is 0 Å². The van der Waals surface area contributed by atoms with Gasteiger partial charge in [0.15, 0.2) is 5.79 Å². The highest BCUT2D eigenvalue weighted by molar-refractivity contribution is 5.34. The molecule has 7 fully saturated rings. The minimum atomic E-state index is -0.659. The lowest BCUT2D eigenvalue weighted by atomic mass is 9.47. The third-order valence-electron chi connectivity index (χ3n) is 9.55. The summed E-state index contributed by atoms with van der Waals surface area (Å²) in [7, 11) is 0. The maximum Gasteiger partial charge on any atom is 0.198 e. The van der Waals surface area contributed by atoms with Crippen molar-refractivity contribution in [3.8, 4) is 0 Å². The number of rotatable bonds is 1. The van der Waals surface area contributed by atoms with E-state index in [1.54, 1.807) is 0 Å². The predicted octanol–water partition coefficient (Wildman–Crippen LogP) is 4.41. The molecule has 0 aromatic carbocycles. The largest absolute Gasteiger partial charge is 0.375 e. The first-order valence-electron chi connectivity index (χ1n) is 11.7. The van der Waals surface area contributed by atoms with E-state index in [9.17, 15) is 0 Å². The molecule has 4 nitrogen and oxygen atoms in total. The van der Waals surface area contributed by atoms with Gasteiger partial charge < -0.3 is 18.9 Å². The van der Waals surface area contributed by atoms with Gasteiger partial charge in [0.2, 0.25) is 0 Å². The summed E-state index contributed by atoms with van der Waals surface area (Å²) in [6.07, 6.45) is 13.1. The molecule has 3 saturated carbocycles. The van der Waals surface area contributed by atoms with Gasteiger partial charge in [0.1, 0.15) is 6.10 Å². The molecule has 4 heteroatoms. The van der Waals surface area contributed by atoms with Crippen LogP contribution in [0.25, 0.3) is 0 Å². The van der Waals surface area contributed by atoms with Crippen LogP contribution in [0.15, 0.2) is 30.0 Å². The molecule has 0 aromatic heterocycles. The minimum Gasteiger partial charge on any atom is -0.375 e. The fraction of sp³-hybridized carbons (Fsp3) is 0.800. The van der Waals surface area contributed by atoms with Crippen molar-refractivity contribution in [3.63, 3.8) is 0 Å². The number of fused-ring (bicyclic) bond motifs is 1. The van der Waals surface area contributed by atoms with Crippen molar-refractivity contribution in [1.29, 1.82) is 0 Å². The molecule has 8 atom stereocenters. The van der Waals surface area contributed by atoms with Crippen LogP contribution in [0.5, 0.6) is 0 Å². The van der Waals surface area contributed by atoms with Crippen LogP contribution in [0, 0.1) is 28.6 Å². The average molecular weight is 399 g/mol. The maximum absolute atomic E-state index is 6.47. The lowest BCUT2D eigenvalue weighted by Gasteiger charge is -2.60. The van der Waals surface area contributed by atoms with Crippen molar-refractivity contribution in [1.82, 2.24) is 0 Å². The molecule has 158 valence electrons. The van der Waals surface area contributed by atoms with Crippen LogP contribution in [0.1, 0.15) is 51.9 Å². The molecule has 4 saturated heterocycles. The third kappa shape index (κ3) is 2.47. The van der Waals surface area contributed by atoms with E-state index in [-0.39, 0.29) is 11.5 Å². The van der Waals surface area contributed by atoms with Crippen LogP contribution in [-0.4, -0.2) is 44.4 Å². The molecular formula is C25H34O4. The Hall–Kier alpha value is -0.900. The summed E-state index contributed by atoms with van der Waals surface area (Å²) >= 11 is 0. The molecule has 0 radical (unpaired) electrons. The van der Waals surface area contributed by atoms with Crippen LogP contribution >= 0.6 is 0 Å². The zero-order valence-corrected chi connectivity index (χ0v) is 17.7. The number of allylic oxidation sites excluding steroid dienone is 2. The SMILES string of the molecule is C=C=CC12CC3OCCOC34CC1=CC[C@@H]1C2CC[C@]2(C)C(CC[C@H]12)OCCO4. The van der Waals surface area contributed by atoms with Crippen molar-refractivity contribution >= 4 is 0 Å². The minimum absolute atomic E-state index is 0.00276. The zero-order chi connectivity index (χ0) is 19.7. The highest BCUT2D eigenvalue weighted by Gasteiger charge is 2.64. The van der Waals surface area contributed by atoms with Crippen LogP contribution in [0.4, 0.5) is 0 Å². The van der Waals surface area contributed by atoms with Crippen molar-refractivity contribution in [2.24, 2.45) is 28.6 Å². The quantitative estimate of drug-likeness (QED) is 0.484. The molecule has 0 aromatic rings.